The van der Waals surface area contributed by atoms with Crippen LogP contribution in [0.5, 0.6) is 5.75 Å². The maximum atomic E-state index is 12.3. The molecule has 0 atom stereocenters. The lowest BCUT2D eigenvalue weighted by Gasteiger charge is -2.09. The lowest BCUT2D eigenvalue weighted by atomic mass is 10.2. The zero-order valence-electron chi connectivity index (χ0n) is 15.1. The van der Waals surface area contributed by atoms with Crippen molar-refractivity contribution in [3.63, 3.8) is 0 Å². The van der Waals surface area contributed by atoms with Crippen molar-refractivity contribution in [2.75, 3.05) is 11.8 Å². The van der Waals surface area contributed by atoms with Crippen LogP contribution in [0, 0.1) is 0 Å². The standard InChI is InChI=1S/C19H19N3O4S2/c1-26-17-10-6-5-7-14(17)12-20-18(23)11-15-13-27-19(21-15)22-28(24,25)16-8-3-2-4-9-16/h2-10,13H,11-12H2,1H3,(H,20,23)(H,21,22). The Bertz CT molecular complexity index is 1050. The summed E-state index contributed by atoms with van der Waals surface area (Å²) in [4.78, 5) is 16.5. The third-order valence-corrected chi connectivity index (χ3v) is 6.13. The van der Waals surface area contributed by atoms with E-state index in [2.05, 4.69) is 15.0 Å². The summed E-state index contributed by atoms with van der Waals surface area (Å²) in [6.07, 6.45) is 0.0543. The summed E-state index contributed by atoms with van der Waals surface area (Å²) < 4.78 is 32.3. The molecule has 1 heterocycles. The molecule has 2 N–H and O–H groups in total. The number of amides is 1. The van der Waals surface area contributed by atoms with Crippen LogP contribution in [0.1, 0.15) is 11.3 Å². The number of rotatable bonds is 8. The maximum Gasteiger partial charge on any atom is 0.263 e. The summed E-state index contributed by atoms with van der Waals surface area (Å²) in [5, 5.41) is 4.69. The molecule has 2 aromatic carbocycles. The van der Waals surface area contributed by atoms with Gasteiger partial charge in [-0.1, -0.05) is 36.4 Å². The third-order valence-electron chi connectivity index (χ3n) is 3.84. The predicted octanol–water partition coefficient (Wildman–Crippen LogP) is 2.81. The van der Waals surface area contributed by atoms with Crippen molar-refractivity contribution in [3.05, 3.63) is 71.2 Å². The highest BCUT2D eigenvalue weighted by atomic mass is 32.2. The summed E-state index contributed by atoms with van der Waals surface area (Å²) in [7, 11) is -2.12. The molecule has 0 aliphatic carbocycles. The first-order chi connectivity index (χ1) is 13.5. The van der Waals surface area contributed by atoms with Gasteiger partial charge in [0.1, 0.15) is 5.75 Å². The lowest BCUT2D eigenvalue weighted by molar-refractivity contribution is -0.120. The highest BCUT2D eigenvalue weighted by Gasteiger charge is 2.16. The Kier molecular flexibility index (Phi) is 6.27. The summed E-state index contributed by atoms with van der Waals surface area (Å²) in [6, 6.07) is 15.5. The van der Waals surface area contributed by atoms with Crippen LogP contribution in [0.15, 0.2) is 64.9 Å². The van der Waals surface area contributed by atoms with Gasteiger partial charge < -0.3 is 10.1 Å². The van der Waals surface area contributed by atoms with Crippen LogP contribution in [-0.4, -0.2) is 26.4 Å². The van der Waals surface area contributed by atoms with Gasteiger partial charge in [0.25, 0.3) is 10.0 Å². The zero-order valence-corrected chi connectivity index (χ0v) is 16.7. The molecule has 0 bridgehead atoms. The number of aromatic nitrogens is 1. The van der Waals surface area contributed by atoms with Gasteiger partial charge in [-0.15, -0.1) is 11.3 Å². The van der Waals surface area contributed by atoms with E-state index in [1.54, 1.807) is 30.7 Å². The van der Waals surface area contributed by atoms with Gasteiger partial charge >= 0.3 is 0 Å². The van der Waals surface area contributed by atoms with Crippen LogP contribution < -0.4 is 14.8 Å². The molecule has 1 amide bonds. The number of nitrogens with one attached hydrogen (secondary N) is 2. The Hall–Kier alpha value is -2.91. The van der Waals surface area contributed by atoms with Crippen molar-refractivity contribution in [3.8, 4) is 5.75 Å². The van der Waals surface area contributed by atoms with Gasteiger partial charge in [0.15, 0.2) is 5.13 Å². The van der Waals surface area contributed by atoms with Crippen LogP contribution in [0.4, 0.5) is 5.13 Å². The van der Waals surface area contributed by atoms with Gasteiger partial charge in [-0.25, -0.2) is 13.4 Å². The van der Waals surface area contributed by atoms with Crippen molar-refractivity contribution in [2.24, 2.45) is 0 Å². The van der Waals surface area contributed by atoms with Crippen molar-refractivity contribution in [1.82, 2.24) is 10.3 Å². The van der Waals surface area contributed by atoms with Crippen LogP contribution in [0.3, 0.4) is 0 Å². The number of benzene rings is 2. The second-order valence-corrected chi connectivity index (χ2v) is 8.37. The van der Waals surface area contributed by atoms with Gasteiger partial charge in [0.2, 0.25) is 5.91 Å². The van der Waals surface area contributed by atoms with Gasteiger partial charge in [0.05, 0.1) is 24.1 Å². The number of hydrogen-bond donors (Lipinski definition) is 2. The number of methoxy groups -OCH3 is 1. The number of anilines is 1. The minimum atomic E-state index is -3.70. The topological polar surface area (TPSA) is 97.4 Å². The fourth-order valence-electron chi connectivity index (χ4n) is 2.48. The Balaban J connectivity index is 1.58. The number of thiazole rings is 1. The molecule has 28 heavy (non-hydrogen) atoms. The Morgan fingerprint density at radius 3 is 2.57 bits per heavy atom. The minimum Gasteiger partial charge on any atom is -0.496 e. The molecule has 7 nitrogen and oxygen atoms in total. The predicted molar refractivity (Wildman–Crippen MR) is 108 cm³/mol. The molecule has 146 valence electrons. The van der Waals surface area contributed by atoms with Gasteiger partial charge in [0, 0.05) is 17.5 Å². The summed E-state index contributed by atoms with van der Waals surface area (Å²) in [6.45, 7) is 0.334. The largest absolute Gasteiger partial charge is 0.496 e. The van der Waals surface area contributed by atoms with Gasteiger partial charge in [-0.3, -0.25) is 9.52 Å². The quantitative estimate of drug-likeness (QED) is 0.587. The lowest BCUT2D eigenvalue weighted by Crippen LogP contribution is -2.25. The average Bonchev–Trinajstić information content (AvgIpc) is 3.13. The van der Waals surface area contributed by atoms with E-state index >= 15 is 0 Å². The molecule has 3 rings (SSSR count). The Morgan fingerprint density at radius 1 is 1.11 bits per heavy atom. The van der Waals surface area contributed by atoms with Gasteiger partial charge in [-0.05, 0) is 18.2 Å². The van der Waals surface area contributed by atoms with Crippen molar-refractivity contribution >= 4 is 32.4 Å². The van der Waals surface area contributed by atoms with E-state index in [0.717, 1.165) is 16.9 Å². The molecule has 9 heteroatoms. The zero-order chi connectivity index (χ0) is 20.0. The molecular weight excluding hydrogens is 398 g/mol. The normalized spacial score (nSPS) is 11.0. The van der Waals surface area contributed by atoms with E-state index in [1.165, 1.54) is 12.1 Å². The van der Waals surface area contributed by atoms with Crippen molar-refractivity contribution in [2.45, 2.75) is 17.9 Å². The monoisotopic (exact) mass is 417 g/mol. The number of carbonyl (C=O) groups excluding carboxylic acids is 1. The molecule has 0 saturated heterocycles. The molecule has 0 aliphatic rings. The van der Waals surface area contributed by atoms with E-state index in [0.29, 0.717) is 18.0 Å². The average molecular weight is 418 g/mol. The second kappa shape index (κ2) is 8.85. The van der Waals surface area contributed by atoms with E-state index < -0.39 is 10.0 Å². The highest BCUT2D eigenvalue weighted by Crippen LogP contribution is 2.21. The van der Waals surface area contributed by atoms with E-state index in [-0.39, 0.29) is 22.4 Å². The number of para-hydroxylation sites is 1. The maximum absolute atomic E-state index is 12.3. The summed E-state index contributed by atoms with van der Waals surface area (Å²) in [5.41, 5.74) is 1.36. The molecular formula is C19H19N3O4S2. The molecule has 0 saturated carbocycles. The summed E-state index contributed by atoms with van der Waals surface area (Å²) in [5.74, 6) is 0.489. The molecule has 1 aromatic heterocycles. The number of hydrogen-bond acceptors (Lipinski definition) is 6. The molecule has 0 aliphatic heterocycles. The van der Waals surface area contributed by atoms with E-state index in [4.69, 9.17) is 4.74 Å². The fourth-order valence-corrected chi connectivity index (χ4v) is 4.46. The summed E-state index contributed by atoms with van der Waals surface area (Å²) >= 11 is 1.13. The van der Waals surface area contributed by atoms with Crippen LogP contribution in [0.25, 0.3) is 0 Å². The molecule has 0 fully saturated rings. The number of ether oxygens (including phenoxy) is 1. The first-order valence-corrected chi connectivity index (χ1v) is 10.7. The van der Waals surface area contributed by atoms with Crippen LogP contribution in [0.2, 0.25) is 0 Å². The van der Waals surface area contributed by atoms with Crippen molar-refractivity contribution < 1.29 is 17.9 Å². The fraction of sp³-hybridized carbons (Fsp3) is 0.158. The molecule has 3 aromatic rings. The molecule has 0 unspecified atom stereocenters. The van der Waals surface area contributed by atoms with Gasteiger partial charge in [-0.2, -0.15) is 0 Å². The number of carbonyl (C=O) groups is 1. The Morgan fingerprint density at radius 2 is 1.82 bits per heavy atom. The third kappa shape index (κ3) is 5.08. The first-order valence-electron chi connectivity index (χ1n) is 8.39. The Labute approximate surface area is 167 Å². The number of sulfonamides is 1. The molecule has 0 radical (unpaired) electrons. The van der Waals surface area contributed by atoms with Crippen molar-refractivity contribution in [1.29, 1.82) is 0 Å². The van der Waals surface area contributed by atoms with Crippen LogP contribution in [-0.2, 0) is 27.8 Å². The first kappa shape index (κ1) is 19.8. The smallest absolute Gasteiger partial charge is 0.263 e. The highest BCUT2D eigenvalue weighted by molar-refractivity contribution is 7.93. The van der Waals surface area contributed by atoms with E-state index in [9.17, 15) is 13.2 Å². The minimum absolute atomic E-state index is 0.0543. The SMILES string of the molecule is COc1ccccc1CNC(=O)Cc1csc(NS(=O)(=O)c2ccccc2)n1. The van der Waals surface area contributed by atoms with E-state index in [1.807, 2.05) is 24.3 Å². The second-order valence-electron chi connectivity index (χ2n) is 5.83. The number of nitrogens with zero attached hydrogens (tertiary/aromatic N) is 1. The molecule has 0 spiro atoms. The van der Waals surface area contributed by atoms with Crippen LogP contribution >= 0.6 is 11.3 Å².